The number of phenolic OH excluding ortho intramolecular Hbond substituents is 1. The third kappa shape index (κ3) is 3.88. The Balaban J connectivity index is 1.56. The van der Waals surface area contributed by atoms with Crippen molar-refractivity contribution in [2.24, 2.45) is 0 Å². The van der Waals surface area contributed by atoms with Crippen molar-refractivity contribution in [3.8, 4) is 5.75 Å². The second kappa shape index (κ2) is 8.83. The first-order chi connectivity index (χ1) is 16.4. The van der Waals surface area contributed by atoms with E-state index in [1.165, 1.54) is 17.0 Å². The number of hydrogen-bond donors (Lipinski definition) is 3. The molecule has 1 fully saturated rings. The highest BCUT2D eigenvalue weighted by Gasteiger charge is 2.45. The van der Waals surface area contributed by atoms with E-state index in [2.05, 4.69) is 20.9 Å². The molecule has 4 aromatic rings. The highest BCUT2D eigenvalue weighted by atomic mass is 79.9. The topological polar surface area (TPSA) is 93.6 Å². The number of aliphatic hydroxyl groups excluding tert-OH is 1. The lowest BCUT2D eigenvalue weighted by Crippen LogP contribution is -2.31. The highest BCUT2D eigenvalue weighted by Crippen LogP contribution is 2.40. The van der Waals surface area contributed by atoms with Crippen LogP contribution in [0.1, 0.15) is 22.7 Å². The van der Waals surface area contributed by atoms with Crippen LogP contribution in [0.2, 0.25) is 0 Å². The summed E-state index contributed by atoms with van der Waals surface area (Å²) in [6.07, 6.45) is 2.45. The molecule has 34 heavy (non-hydrogen) atoms. The van der Waals surface area contributed by atoms with Crippen LogP contribution in [-0.4, -0.2) is 38.3 Å². The van der Waals surface area contributed by atoms with Crippen LogP contribution in [0, 0.1) is 0 Å². The zero-order valence-electron chi connectivity index (χ0n) is 18.0. The van der Waals surface area contributed by atoms with E-state index in [0.717, 1.165) is 20.9 Å². The van der Waals surface area contributed by atoms with E-state index in [9.17, 15) is 19.8 Å². The van der Waals surface area contributed by atoms with E-state index in [1.807, 2.05) is 30.5 Å². The van der Waals surface area contributed by atoms with Gasteiger partial charge in [-0.05, 0) is 47.9 Å². The number of ketones is 1. The summed E-state index contributed by atoms with van der Waals surface area (Å²) in [5.41, 5.74) is 3.16. The van der Waals surface area contributed by atoms with Gasteiger partial charge in [-0.15, -0.1) is 0 Å². The number of nitrogens with zero attached hydrogens (tertiary/aromatic N) is 1. The number of carbonyl (C=O) groups excluding carboxylic acids is 2. The number of amides is 1. The summed E-state index contributed by atoms with van der Waals surface area (Å²) >= 11 is 3.37. The summed E-state index contributed by atoms with van der Waals surface area (Å²) in [7, 11) is 0. The van der Waals surface area contributed by atoms with Crippen molar-refractivity contribution >= 4 is 44.3 Å². The molecule has 1 aliphatic rings. The number of halogens is 1. The van der Waals surface area contributed by atoms with Crippen LogP contribution in [0.4, 0.5) is 0 Å². The lowest BCUT2D eigenvalue weighted by Gasteiger charge is -2.25. The second-order valence-corrected chi connectivity index (χ2v) is 9.12. The molecule has 0 bridgehead atoms. The maximum absolute atomic E-state index is 13.1. The van der Waals surface area contributed by atoms with Gasteiger partial charge in [0.1, 0.15) is 11.5 Å². The van der Waals surface area contributed by atoms with Gasteiger partial charge < -0.3 is 20.1 Å². The Hall–Kier alpha value is -3.84. The van der Waals surface area contributed by atoms with Crippen molar-refractivity contribution in [3.63, 3.8) is 0 Å². The third-order valence-corrected chi connectivity index (χ3v) is 6.69. The second-order valence-electron chi connectivity index (χ2n) is 8.20. The predicted octanol–water partition coefficient (Wildman–Crippen LogP) is 5.30. The largest absolute Gasteiger partial charge is 0.508 e. The minimum atomic E-state index is -0.769. The van der Waals surface area contributed by atoms with E-state index >= 15 is 0 Å². The van der Waals surface area contributed by atoms with Crippen molar-refractivity contribution < 1.29 is 19.8 Å². The lowest BCUT2D eigenvalue weighted by molar-refractivity contribution is -0.139. The molecular formula is C27H21BrN2O4. The molecule has 3 N–H and O–H groups in total. The Kier molecular flexibility index (Phi) is 5.71. The molecule has 1 aliphatic heterocycles. The summed E-state index contributed by atoms with van der Waals surface area (Å²) in [5, 5.41) is 21.9. The van der Waals surface area contributed by atoms with E-state index < -0.39 is 17.7 Å². The number of H-pyrrole nitrogens is 1. The molecule has 0 spiro atoms. The Morgan fingerprint density at radius 2 is 1.68 bits per heavy atom. The van der Waals surface area contributed by atoms with Crippen LogP contribution in [0.5, 0.6) is 5.75 Å². The summed E-state index contributed by atoms with van der Waals surface area (Å²) < 4.78 is 0.832. The average molecular weight is 517 g/mol. The molecule has 0 aliphatic carbocycles. The van der Waals surface area contributed by atoms with Crippen LogP contribution in [0.3, 0.4) is 0 Å². The fraction of sp³-hybridized carbons (Fsp3) is 0.111. The molecule has 3 aromatic carbocycles. The number of aromatic hydroxyl groups is 1. The van der Waals surface area contributed by atoms with Gasteiger partial charge in [0.25, 0.3) is 11.7 Å². The van der Waals surface area contributed by atoms with Gasteiger partial charge in [0.2, 0.25) is 0 Å². The Bertz CT molecular complexity index is 1420. The van der Waals surface area contributed by atoms with Crippen LogP contribution in [0.15, 0.2) is 89.0 Å². The van der Waals surface area contributed by atoms with Crippen LogP contribution < -0.4 is 0 Å². The number of rotatable bonds is 5. The van der Waals surface area contributed by atoms with Crippen molar-refractivity contribution in [2.45, 2.75) is 12.5 Å². The number of para-hydroxylation sites is 1. The van der Waals surface area contributed by atoms with E-state index in [1.54, 1.807) is 36.4 Å². The zero-order chi connectivity index (χ0) is 23.8. The highest BCUT2D eigenvalue weighted by molar-refractivity contribution is 9.10. The van der Waals surface area contributed by atoms with Gasteiger partial charge in [0.15, 0.2) is 0 Å². The summed E-state index contributed by atoms with van der Waals surface area (Å²) in [6.45, 7) is 0.287. The normalized spacial score (nSPS) is 17.6. The molecule has 1 atom stereocenters. The fourth-order valence-electron chi connectivity index (χ4n) is 4.46. The molecule has 1 amide bonds. The van der Waals surface area contributed by atoms with E-state index in [4.69, 9.17) is 0 Å². The first kappa shape index (κ1) is 22.0. The van der Waals surface area contributed by atoms with Crippen molar-refractivity contribution in [1.29, 1.82) is 0 Å². The maximum atomic E-state index is 13.1. The van der Waals surface area contributed by atoms with Crippen molar-refractivity contribution in [3.05, 3.63) is 106 Å². The van der Waals surface area contributed by atoms with Crippen LogP contribution >= 0.6 is 15.9 Å². The molecule has 170 valence electrons. The standard InChI is InChI=1S/C27H21BrN2O4/c28-19-9-5-17(6-10-19)25(32)23-24(16-7-11-20(31)12-8-16)30(27(34)26(23)33)14-13-18-15-29-22-4-2-1-3-21(18)22/h1-12,15,24,29,31-32H,13-14H2/b25-23+. The average Bonchev–Trinajstić information content (AvgIpc) is 3.37. The molecule has 2 heterocycles. The quantitative estimate of drug-likeness (QED) is 0.190. The Morgan fingerprint density at radius 1 is 0.971 bits per heavy atom. The molecule has 6 nitrogen and oxygen atoms in total. The third-order valence-electron chi connectivity index (χ3n) is 6.16. The first-order valence-electron chi connectivity index (χ1n) is 10.8. The molecule has 7 heteroatoms. The van der Waals surface area contributed by atoms with Gasteiger partial charge in [0, 0.05) is 33.7 Å². The van der Waals surface area contributed by atoms with Crippen molar-refractivity contribution in [2.75, 3.05) is 6.54 Å². The number of aliphatic hydroxyl groups is 1. The zero-order valence-corrected chi connectivity index (χ0v) is 19.6. The summed E-state index contributed by atoms with van der Waals surface area (Å²) in [5.74, 6) is -1.53. The van der Waals surface area contributed by atoms with Gasteiger partial charge in [-0.25, -0.2) is 0 Å². The fourth-order valence-corrected chi connectivity index (χ4v) is 4.72. The number of phenols is 1. The smallest absolute Gasteiger partial charge is 0.295 e. The van der Waals surface area contributed by atoms with Crippen LogP contribution in [-0.2, 0) is 16.0 Å². The molecule has 1 aromatic heterocycles. The Morgan fingerprint density at radius 3 is 2.41 bits per heavy atom. The number of carbonyl (C=O) groups is 2. The van der Waals surface area contributed by atoms with E-state index in [-0.39, 0.29) is 23.6 Å². The monoisotopic (exact) mass is 516 g/mol. The number of nitrogens with one attached hydrogen (secondary N) is 1. The number of likely N-dealkylation sites (tertiary alicyclic amines) is 1. The molecule has 1 saturated heterocycles. The van der Waals surface area contributed by atoms with Gasteiger partial charge in [-0.1, -0.05) is 58.4 Å². The number of aromatic nitrogens is 1. The van der Waals surface area contributed by atoms with Crippen LogP contribution in [0.25, 0.3) is 16.7 Å². The first-order valence-corrected chi connectivity index (χ1v) is 11.6. The molecule has 0 radical (unpaired) electrons. The molecule has 0 saturated carbocycles. The number of benzene rings is 3. The molecular weight excluding hydrogens is 496 g/mol. The number of aromatic amines is 1. The molecule has 1 unspecified atom stereocenters. The van der Waals surface area contributed by atoms with Gasteiger partial charge in [-0.2, -0.15) is 0 Å². The maximum Gasteiger partial charge on any atom is 0.295 e. The summed E-state index contributed by atoms with van der Waals surface area (Å²) in [4.78, 5) is 31.0. The predicted molar refractivity (Wildman–Crippen MR) is 133 cm³/mol. The SMILES string of the molecule is O=C1C(=O)N(CCc2c[nH]c3ccccc23)C(c2ccc(O)cc2)/C1=C(\O)c1ccc(Br)cc1. The number of hydrogen-bond acceptors (Lipinski definition) is 4. The van der Waals surface area contributed by atoms with Gasteiger partial charge in [-0.3, -0.25) is 9.59 Å². The minimum Gasteiger partial charge on any atom is -0.508 e. The van der Waals surface area contributed by atoms with E-state index in [0.29, 0.717) is 17.5 Å². The van der Waals surface area contributed by atoms with Gasteiger partial charge in [0.05, 0.1) is 11.6 Å². The number of Topliss-reactive ketones (excluding diaryl/α,β-unsaturated/α-hetero) is 1. The minimum absolute atomic E-state index is 0.0388. The van der Waals surface area contributed by atoms with Crippen molar-refractivity contribution in [1.82, 2.24) is 9.88 Å². The number of fused-ring (bicyclic) bond motifs is 1. The van der Waals surface area contributed by atoms with Gasteiger partial charge >= 0.3 is 0 Å². The lowest BCUT2D eigenvalue weighted by atomic mass is 9.95. The Labute approximate surface area is 204 Å². The molecule has 5 rings (SSSR count). The summed E-state index contributed by atoms with van der Waals surface area (Å²) in [6, 6.07) is 20.4.